The van der Waals surface area contributed by atoms with E-state index < -0.39 is 17.9 Å². The summed E-state index contributed by atoms with van der Waals surface area (Å²) >= 11 is 5.88. The van der Waals surface area contributed by atoms with E-state index in [1.807, 2.05) is 0 Å². The van der Waals surface area contributed by atoms with Gasteiger partial charge in [-0.15, -0.1) is 0 Å². The lowest BCUT2D eigenvalue weighted by Crippen LogP contribution is -2.42. The van der Waals surface area contributed by atoms with Crippen LogP contribution in [0.5, 0.6) is 0 Å². The van der Waals surface area contributed by atoms with Crippen molar-refractivity contribution in [1.82, 2.24) is 10.3 Å². The largest absolute Gasteiger partial charge is 0.372 e. The van der Waals surface area contributed by atoms with Crippen LogP contribution in [0.25, 0.3) is 0 Å². The summed E-state index contributed by atoms with van der Waals surface area (Å²) in [5, 5.41) is 5.53. The Labute approximate surface area is 104 Å². The highest BCUT2D eigenvalue weighted by atomic mass is 35.5. The van der Waals surface area contributed by atoms with Crippen molar-refractivity contribution in [3.05, 3.63) is 22.8 Å². The topological polar surface area (TPSA) is 97.1 Å². The van der Waals surface area contributed by atoms with E-state index in [1.165, 1.54) is 19.2 Å². The average Bonchev–Trinajstić information content (AvgIpc) is 2.28. The molecule has 0 radical (unpaired) electrons. The van der Waals surface area contributed by atoms with Gasteiger partial charge in [-0.05, 0) is 13.0 Å². The number of hydrogen-bond donors (Lipinski definition) is 3. The maximum atomic E-state index is 11.7. The molecule has 1 aromatic rings. The Morgan fingerprint density at radius 2 is 2.18 bits per heavy atom. The molecule has 0 aliphatic heterocycles. The Morgan fingerprint density at radius 1 is 1.53 bits per heavy atom. The second kappa shape index (κ2) is 5.49. The molecule has 1 heterocycles. The molecule has 17 heavy (non-hydrogen) atoms. The van der Waals surface area contributed by atoms with E-state index >= 15 is 0 Å². The van der Waals surface area contributed by atoms with E-state index in [4.69, 9.17) is 17.3 Å². The number of pyridine rings is 1. The normalized spacial score (nSPS) is 11.7. The number of carbonyl (C=O) groups excluding carboxylic acids is 2. The molecular weight excluding hydrogens is 244 g/mol. The van der Waals surface area contributed by atoms with Gasteiger partial charge >= 0.3 is 0 Å². The Morgan fingerprint density at radius 3 is 2.65 bits per heavy atom. The average molecular weight is 257 g/mol. The summed E-state index contributed by atoms with van der Waals surface area (Å²) in [4.78, 5) is 26.4. The lowest BCUT2D eigenvalue weighted by molar-refractivity contribution is -0.119. The molecule has 0 aromatic carbocycles. The van der Waals surface area contributed by atoms with Gasteiger partial charge in [0.05, 0.1) is 10.6 Å². The molecule has 0 saturated carbocycles. The number of primary amides is 1. The predicted octanol–water partition coefficient (Wildman–Crippen LogP) is 0.380. The second-order valence-corrected chi connectivity index (χ2v) is 3.81. The van der Waals surface area contributed by atoms with Gasteiger partial charge in [0.2, 0.25) is 5.91 Å². The molecule has 0 spiro atoms. The Kier molecular flexibility index (Phi) is 4.28. The summed E-state index contributed by atoms with van der Waals surface area (Å²) in [6.07, 6.45) is 1.36. The number of rotatable bonds is 4. The number of hydrogen-bond acceptors (Lipinski definition) is 4. The van der Waals surface area contributed by atoms with Gasteiger partial charge < -0.3 is 16.4 Å². The first-order chi connectivity index (χ1) is 7.95. The van der Waals surface area contributed by atoms with Crippen molar-refractivity contribution in [3.63, 3.8) is 0 Å². The number of nitrogens with two attached hydrogens (primary N) is 1. The van der Waals surface area contributed by atoms with Crippen molar-refractivity contribution in [2.24, 2.45) is 5.73 Å². The highest BCUT2D eigenvalue weighted by Gasteiger charge is 2.15. The molecule has 4 N–H and O–H groups in total. The number of anilines is 1. The van der Waals surface area contributed by atoms with E-state index in [1.54, 1.807) is 7.05 Å². The minimum Gasteiger partial charge on any atom is -0.372 e. The van der Waals surface area contributed by atoms with Crippen LogP contribution < -0.4 is 16.4 Å². The summed E-state index contributed by atoms with van der Waals surface area (Å²) in [7, 11) is 1.67. The molecule has 1 unspecified atom stereocenters. The number of carbonyl (C=O) groups is 2. The molecule has 0 aliphatic rings. The minimum atomic E-state index is -0.745. The first kappa shape index (κ1) is 13.2. The molecule has 2 amide bonds. The first-order valence-electron chi connectivity index (χ1n) is 4.89. The Balaban J connectivity index is 2.83. The van der Waals surface area contributed by atoms with Gasteiger partial charge in [0.1, 0.15) is 11.9 Å². The molecular formula is C10H13ClN4O2. The molecule has 0 fully saturated rings. The maximum absolute atomic E-state index is 11.7. The fraction of sp³-hybridized carbons (Fsp3) is 0.300. The molecule has 1 aromatic heterocycles. The maximum Gasteiger partial charge on any atom is 0.253 e. The lowest BCUT2D eigenvalue weighted by Gasteiger charge is -2.10. The zero-order chi connectivity index (χ0) is 13.0. The highest BCUT2D eigenvalue weighted by Crippen LogP contribution is 2.19. The molecule has 0 bridgehead atoms. The van der Waals surface area contributed by atoms with E-state index in [2.05, 4.69) is 15.6 Å². The van der Waals surface area contributed by atoms with Crippen molar-refractivity contribution >= 4 is 29.2 Å². The predicted molar refractivity (Wildman–Crippen MR) is 64.9 cm³/mol. The van der Waals surface area contributed by atoms with Gasteiger partial charge in [0.25, 0.3) is 5.91 Å². The van der Waals surface area contributed by atoms with Gasteiger partial charge in [-0.2, -0.15) is 0 Å². The summed E-state index contributed by atoms with van der Waals surface area (Å²) < 4.78 is 0. The quantitative estimate of drug-likeness (QED) is 0.725. The second-order valence-electron chi connectivity index (χ2n) is 3.40. The molecule has 1 atom stereocenters. The highest BCUT2D eigenvalue weighted by molar-refractivity contribution is 6.33. The van der Waals surface area contributed by atoms with Crippen LogP contribution in [-0.4, -0.2) is 29.9 Å². The molecule has 0 saturated heterocycles. The smallest absolute Gasteiger partial charge is 0.253 e. The zero-order valence-electron chi connectivity index (χ0n) is 9.45. The molecule has 6 nitrogen and oxygen atoms in total. The van der Waals surface area contributed by atoms with Crippen LogP contribution in [-0.2, 0) is 4.79 Å². The van der Waals surface area contributed by atoms with Crippen LogP contribution in [0.3, 0.4) is 0 Å². The zero-order valence-corrected chi connectivity index (χ0v) is 10.2. The Hall–Kier alpha value is -1.82. The third-order valence-corrected chi connectivity index (χ3v) is 2.40. The van der Waals surface area contributed by atoms with Gasteiger partial charge in [0, 0.05) is 13.2 Å². The molecule has 7 heteroatoms. The van der Waals surface area contributed by atoms with E-state index in [9.17, 15) is 9.59 Å². The van der Waals surface area contributed by atoms with Crippen molar-refractivity contribution in [3.8, 4) is 0 Å². The van der Waals surface area contributed by atoms with Gasteiger partial charge in [-0.3, -0.25) is 9.59 Å². The van der Waals surface area contributed by atoms with Crippen LogP contribution in [0.15, 0.2) is 12.3 Å². The standard InChI is InChI=1S/C10H13ClN4O2/c1-5(8(12)16)15-10(17)6-3-7(11)9(13-2)14-4-6/h3-5H,1-2H3,(H2,12,16)(H,13,14)(H,15,17). The summed E-state index contributed by atoms with van der Waals surface area (Å²) in [6.45, 7) is 1.50. The summed E-state index contributed by atoms with van der Waals surface area (Å²) in [5.74, 6) is -0.580. The van der Waals surface area contributed by atoms with Crippen LogP contribution in [0, 0.1) is 0 Å². The van der Waals surface area contributed by atoms with Crippen molar-refractivity contribution in [2.75, 3.05) is 12.4 Å². The first-order valence-corrected chi connectivity index (χ1v) is 5.27. The van der Waals surface area contributed by atoms with Gasteiger partial charge in [-0.1, -0.05) is 11.6 Å². The number of amides is 2. The van der Waals surface area contributed by atoms with E-state index in [0.29, 0.717) is 10.8 Å². The third-order valence-electron chi connectivity index (χ3n) is 2.11. The van der Waals surface area contributed by atoms with Crippen molar-refractivity contribution in [2.45, 2.75) is 13.0 Å². The number of halogens is 1. The fourth-order valence-electron chi connectivity index (χ4n) is 1.10. The monoisotopic (exact) mass is 256 g/mol. The SMILES string of the molecule is CNc1ncc(C(=O)NC(C)C(N)=O)cc1Cl. The summed E-state index contributed by atoms with van der Waals surface area (Å²) in [6, 6.07) is 0.717. The molecule has 92 valence electrons. The van der Waals surface area contributed by atoms with Gasteiger partial charge in [0.15, 0.2) is 0 Å². The molecule has 0 aliphatic carbocycles. The van der Waals surface area contributed by atoms with E-state index in [0.717, 1.165) is 0 Å². The molecule has 1 rings (SSSR count). The van der Waals surface area contributed by atoms with Crippen molar-refractivity contribution in [1.29, 1.82) is 0 Å². The van der Waals surface area contributed by atoms with Crippen molar-refractivity contribution < 1.29 is 9.59 Å². The van der Waals surface area contributed by atoms with Crippen LogP contribution >= 0.6 is 11.6 Å². The lowest BCUT2D eigenvalue weighted by atomic mass is 10.2. The fourth-order valence-corrected chi connectivity index (χ4v) is 1.36. The van der Waals surface area contributed by atoms with Crippen LogP contribution in [0.4, 0.5) is 5.82 Å². The number of aromatic nitrogens is 1. The third kappa shape index (κ3) is 3.32. The van der Waals surface area contributed by atoms with Gasteiger partial charge in [-0.25, -0.2) is 4.98 Å². The summed E-state index contributed by atoms with van der Waals surface area (Å²) in [5.41, 5.74) is 5.30. The van der Waals surface area contributed by atoms with E-state index in [-0.39, 0.29) is 5.56 Å². The number of nitrogens with zero attached hydrogens (tertiary/aromatic N) is 1. The Bertz CT molecular complexity index is 450. The number of nitrogens with one attached hydrogen (secondary N) is 2. The van der Waals surface area contributed by atoms with Crippen LogP contribution in [0.2, 0.25) is 5.02 Å². The minimum absolute atomic E-state index is 0.266. The van der Waals surface area contributed by atoms with Crippen LogP contribution in [0.1, 0.15) is 17.3 Å².